The molecule has 116 valence electrons. The Balaban J connectivity index is 4.50. The van der Waals surface area contributed by atoms with Crippen LogP contribution in [-0.4, -0.2) is 46.8 Å². The minimum absolute atomic E-state index is 0.0539. The van der Waals surface area contributed by atoms with Gasteiger partial charge in [-0.15, -0.1) is 0 Å². The molecule has 0 aliphatic rings. The van der Waals surface area contributed by atoms with E-state index >= 15 is 0 Å². The number of thiol groups is 1. The summed E-state index contributed by atoms with van der Waals surface area (Å²) < 4.78 is 0. The first-order chi connectivity index (χ1) is 9.18. The van der Waals surface area contributed by atoms with Gasteiger partial charge in [-0.1, -0.05) is 13.8 Å². The summed E-state index contributed by atoms with van der Waals surface area (Å²) in [5, 5.41) is 13.5. The zero-order valence-electron chi connectivity index (χ0n) is 11.9. The molecule has 7 nitrogen and oxygen atoms in total. The summed E-state index contributed by atoms with van der Waals surface area (Å²) in [4.78, 5) is 34.3. The lowest BCUT2D eigenvalue weighted by Gasteiger charge is -2.21. The van der Waals surface area contributed by atoms with Crippen LogP contribution < -0.4 is 16.4 Å². The first-order valence-electron chi connectivity index (χ1n) is 6.39. The molecule has 8 heteroatoms. The lowest BCUT2D eigenvalue weighted by molar-refractivity contribution is -0.141. The van der Waals surface area contributed by atoms with Gasteiger partial charge in [-0.05, 0) is 19.3 Å². The van der Waals surface area contributed by atoms with Gasteiger partial charge in [0.1, 0.15) is 12.1 Å². The van der Waals surface area contributed by atoms with E-state index in [9.17, 15) is 14.4 Å². The summed E-state index contributed by atoms with van der Waals surface area (Å²) in [6.07, 6.45) is 0.498. The Labute approximate surface area is 124 Å². The van der Waals surface area contributed by atoms with Crippen LogP contribution in [0.2, 0.25) is 0 Å². The number of carbonyl (C=O) groups excluding carboxylic acids is 2. The predicted molar refractivity (Wildman–Crippen MR) is 78.5 cm³/mol. The van der Waals surface area contributed by atoms with Gasteiger partial charge in [-0.2, -0.15) is 12.6 Å². The molecule has 0 aliphatic carbocycles. The standard InChI is InChI=1S/C12H23N3O4S/c1-6(2)4-8(13)10(16)15-9(5-20)11(17)14-7(3)12(18)19/h6-9,20H,4-5,13H2,1-3H3,(H,14,17)(H,15,16)(H,18,19)/t7-,8-,9-/m0/s1. The fourth-order valence-electron chi connectivity index (χ4n) is 1.46. The van der Waals surface area contributed by atoms with Crippen molar-refractivity contribution < 1.29 is 19.5 Å². The molecule has 0 radical (unpaired) electrons. The van der Waals surface area contributed by atoms with Crippen LogP contribution >= 0.6 is 12.6 Å². The van der Waals surface area contributed by atoms with Gasteiger partial charge < -0.3 is 21.5 Å². The van der Waals surface area contributed by atoms with Crippen LogP contribution in [0.1, 0.15) is 27.2 Å². The Morgan fingerprint density at radius 3 is 2.10 bits per heavy atom. The van der Waals surface area contributed by atoms with E-state index in [1.807, 2.05) is 13.8 Å². The second-order valence-corrected chi connectivity index (χ2v) is 5.41. The minimum atomic E-state index is -1.15. The van der Waals surface area contributed by atoms with Crippen LogP contribution in [-0.2, 0) is 14.4 Å². The van der Waals surface area contributed by atoms with Crippen molar-refractivity contribution in [3.05, 3.63) is 0 Å². The molecule has 2 amide bonds. The second-order valence-electron chi connectivity index (χ2n) is 5.05. The third-order valence-corrected chi connectivity index (χ3v) is 2.97. The van der Waals surface area contributed by atoms with Crippen LogP contribution in [0.4, 0.5) is 0 Å². The zero-order valence-corrected chi connectivity index (χ0v) is 12.8. The number of nitrogens with one attached hydrogen (secondary N) is 2. The normalized spacial score (nSPS) is 15.3. The molecule has 20 heavy (non-hydrogen) atoms. The molecule has 0 bridgehead atoms. The third kappa shape index (κ3) is 6.76. The number of amides is 2. The number of hydrogen-bond acceptors (Lipinski definition) is 5. The Morgan fingerprint density at radius 1 is 1.15 bits per heavy atom. The highest BCUT2D eigenvalue weighted by Crippen LogP contribution is 2.03. The second kappa shape index (κ2) is 8.80. The number of carboxylic acids is 1. The quantitative estimate of drug-likeness (QED) is 0.382. The van der Waals surface area contributed by atoms with Crippen LogP contribution in [0.15, 0.2) is 0 Å². The van der Waals surface area contributed by atoms with Gasteiger partial charge in [0.2, 0.25) is 11.8 Å². The Kier molecular flexibility index (Phi) is 8.24. The number of rotatable bonds is 8. The Bertz CT molecular complexity index is 363. The van der Waals surface area contributed by atoms with Crippen molar-refractivity contribution in [1.29, 1.82) is 0 Å². The lowest BCUT2D eigenvalue weighted by atomic mass is 10.0. The van der Waals surface area contributed by atoms with Crippen molar-refractivity contribution in [2.24, 2.45) is 11.7 Å². The predicted octanol–water partition coefficient (Wildman–Crippen LogP) is -0.636. The fourth-order valence-corrected chi connectivity index (χ4v) is 1.72. The summed E-state index contributed by atoms with van der Waals surface area (Å²) in [6, 6.07) is -2.65. The molecule has 0 saturated carbocycles. The number of nitrogens with two attached hydrogens (primary N) is 1. The van der Waals surface area contributed by atoms with E-state index in [0.717, 1.165) is 0 Å². The number of carbonyl (C=O) groups is 3. The fraction of sp³-hybridized carbons (Fsp3) is 0.750. The highest BCUT2D eigenvalue weighted by atomic mass is 32.1. The van der Waals surface area contributed by atoms with Crippen molar-refractivity contribution in [2.45, 2.75) is 45.3 Å². The van der Waals surface area contributed by atoms with Crippen molar-refractivity contribution in [3.63, 3.8) is 0 Å². The van der Waals surface area contributed by atoms with E-state index in [-0.39, 0.29) is 11.7 Å². The molecule has 0 heterocycles. The van der Waals surface area contributed by atoms with Crippen LogP contribution in [0.25, 0.3) is 0 Å². The average molecular weight is 305 g/mol. The summed E-state index contributed by atoms with van der Waals surface area (Å²) in [5.41, 5.74) is 5.71. The monoisotopic (exact) mass is 305 g/mol. The smallest absolute Gasteiger partial charge is 0.325 e. The molecule has 3 atom stereocenters. The maximum absolute atomic E-state index is 11.8. The highest BCUT2D eigenvalue weighted by Gasteiger charge is 2.25. The average Bonchev–Trinajstić information content (AvgIpc) is 2.34. The summed E-state index contributed by atoms with van der Waals surface area (Å²) in [6.45, 7) is 5.21. The van der Waals surface area contributed by atoms with Crippen molar-refractivity contribution in [2.75, 3.05) is 5.75 Å². The molecule has 0 aromatic rings. The molecule has 0 rings (SSSR count). The number of carboxylic acid groups (broad SMARTS) is 1. The molecule has 0 saturated heterocycles. The topological polar surface area (TPSA) is 122 Å². The summed E-state index contributed by atoms with van der Waals surface area (Å²) in [7, 11) is 0. The lowest BCUT2D eigenvalue weighted by Crippen LogP contribution is -2.54. The maximum atomic E-state index is 11.8. The van der Waals surface area contributed by atoms with Gasteiger partial charge in [-0.25, -0.2) is 0 Å². The largest absolute Gasteiger partial charge is 0.480 e. The van der Waals surface area contributed by atoms with Gasteiger partial charge in [0.25, 0.3) is 0 Å². The van der Waals surface area contributed by atoms with E-state index in [0.29, 0.717) is 6.42 Å². The van der Waals surface area contributed by atoms with E-state index in [1.165, 1.54) is 6.92 Å². The van der Waals surface area contributed by atoms with Crippen LogP contribution in [0.3, 0.4) is 0 Å². The van der Waals surface area contributed by atoms with Crippen LogP contribution in [0.5, 0.6) is 0 Å². The molecular weight excluding hydrogens is 282 g/mol. The SMILES string of the molecule is CC(C)C[C@H](N)C(=O)N[C@@H](CS)C(=O)N[C@@H](C)C(=O)O. The molecule has 0 fully saturated rings. The highest BCUT2D eigenvalue weighted by molar-refractivity contribution is 7.80. The molecule has 0 spiro atoms. The first-order valence-corrected chi connectivity index (χ1v) is 7.02. The summed E-state index contributed by atoms with van der Waals surface area (Å²) in [5.74, 6) is -1.89. The molecule has 0 aromatic carbocycles. The van der Waals surface area contributed by atoms with E-state index in [2.05, 4.69) is 23.3 Å². The van der Waals surface area contributed by atoms with Gasteiger partial charge in [0.15, 0.2) is 0 Å². The zero-order chi connectivity index (χ0) is 15.9. The third-order valence-electron chi connectivity index (χ3n) is 2.61. The maximum Gasteiger partial charge on any atom is 0.325 e. The van der Waals surface area contributed by atoms with Crippen molar-refractivity contribution in [3.8, 4) is 0 Å². The number of aliphatic carboxylic acids is 1. The van der Waals surface area contributed by atoms with E-state index < -0.39 is 35.9 Å². The van der Waals surface area contributed by atoms with Crippen LogP contribution in [0, 0.1) is 5.92 Å². The van der Waals surface area contributed by atoms with Crippen molar-refractivity contribution >= 4 is 30.4 Å². The minimum Gasteiger partial charge on any atom is -0.480 e. The van der Waals surface area contributed by atoms with Gasteiger partial charge in [-0.3, -0.25) is 14.4 Å². The van der Waals surface area contributed by atoms with Gasteiger partial charge >= 0.3 is 5.97 Å². The Hall–Kier alpha value is -1.28. The first kappa shape index (κ1) is 18.7. The van der Waals surface area contributed by atoms with Gasteiger partial charge in [0.05, 0.1) is 6.04 Å². The molecule has 0 aliphatic heterocycles. The molecular formula is C12H23N3O4S. The van der Waals surface area contributed by atoms with E-state index in [1.54, 1.807) is 0 Å². The Morgan fingerprint density at radius 2 is 1.70 bits per heavy atom. The van der Waals surface area contributed by atoms with E-state index in [4.69, 9.17) is 10.8 Å². The molecule has 0 aromatic heterocycles. The summed E-state index contributed by atoms with van der Waals surface area (Å²) >= 11 is 3.98. The molecule has 0 unspecified atom stereocenters. The number of hydrogen-bond donors (Lipinski definition) is 5. The van der Waals surface area contributed by atoms with Crippen molar-refractivity contribution in [1.82, 2.24) is 10.6 Å². The molecule has 5 N–H and O–H groups in total. The van der Waals surface area contributed by atoms with Gasteiger partial charge in [0, 0.05) is 5.75 Å².